The van der Waals surface area contributed by atoms with Crippen molar-refractivity contribution in [1.82, 2.24) is 5.32 Å². The molecule has 1 saturated heterocycles. The second-order valence-electron chi connectivity index (χ2n) is 7.99. The van der Waals surface area contributed by atoms with Crippen LogP contribution in [0.15, 0.2) is 63.1 Å². The first kappa shape index (κ1) is 20.5. The monoisotopic (exact) mass is 444 g/mol. The highest BCUT2D eigenvalue weighted by Crippen LogP contribution is 2.35. The molecule has 5 rings (SSSR count). The van der Waals surface area contributed by atoms with Crippen molar-refractivity contribution >= 4 is 38.9 Å². The SMILES string of the molecule is Cc1cccc(N)c1C(=N)c1cccc(-c2csc3c(=O)cc(N4CCNCC4)oc23)c1. The van der Waals surface area contributed by atoms with Crippen molar-refractivity contribution in [2.75, 3.05) is 36.8 Å². The summed E-state index contributed by atoms with van der Waals surface area (Å²) in [5, 5.41) is 14.1. The summed E-state index contributed by atoms with van der Waals surface area (Å²) in [6.45, 7) is 5.30. The van der Waals surface area contributed by atoms with Crippen LogP contribution >= 0.6 is 11.3 Å². The largest absolute Gasteiger partial charge is 0.439 e. The average Bonchev–Trinajstić information content (AvgIpc) is 3.24. The zero-order chi connectivity index (χ0) is 22.2. The Labute approximate surface area is 189 Å². The van der Waals surface area contributed by atoms with Gasteiger partial charge < -0.3 is 20.4 Å². The molecule has 1 aliphatic rings. The van der Waals surface area contributed by atoms with Gasteiger partial charge in [-0.15, -0.1) is 11.3 Å². The van der Waals surface area contributed by atoms with Gasteiger partial charge in [-0.2, -0.15) is 0 Å². The third-order valence-corrected chi connectivity index (χ3v) is 6.85. The Balaban J connectivity index is 1.58. The van der Waals surface area contributed by atoms with E-state index in [1.807, 2.05) is 54.8 Å². The van der Waals surface area contributed by atoms with E-state index in [1.54, 1.807) is 6.07 Å². The minimum absolute atomic E-state index is 0.0207. The normalized spacial score (nSPS) is 14.1. The van der Waals surface area contributed by atoms with Crippen LogP contribution in [-0.4, -0.2) is 31.9 Å². The van der Waals surface area contributed by atoms with Gasteiger partial charge in [0.2, 0.25) is 5.43 Å². The zero-order valence-electron chi connectivity index (χ0n) is 17.8. The lowest BCUT2D eigenvalue weighted by atomic mass is 9.94. The van der Waals surface area contributed by atoms with Crippen LogP contribution in [0.5, 0.6) is 0 Å². The lowest BCUT2D eigenvalue weighted by molar-refractivity contribution is 0.522. The van der Waals surface area contributed by atoms with Gasteiger partial charge in [0.15, 0.2) is 11.5 Å². The first-order valence-corrected chi connectivity index (χ1v) is 11.5. The van der Waals surface area contributed by atoms with Gasteiger partial charge in [-0.05, 0) is 30.2 Å². The third kappa shape index (κ3) is 3.59. The average molecular weight is 445 g/mol. The summed E-state index contributed by atoms with van der Waals surface area (Å²) < 4.78 is 6.88. The summed E-state index contributed by atoms with van der Waals surface area (Å²) in [6.07, 6.45) is 0. The molecule has 162 valence electrons. The smallest absolute Gasteiger partial charge is 0.204 e. The Morgan fingerprint density at radius 2 is 1.94 bits per heavy atom. The molecule has 4 N–H and O–H groups in total. The van der Waals surface area contributed by atoms with Crippen molar-refractivity contribution < 1.29 is 4.42 Å². The lowest BCUT2D eigenvalue weighted by Gasteiger charge is -2.27. The Kier molecular flexibility index (Phi) is 5.28. The van der Waals surface area contributed by atoms with Crippen LogP contribution in [-0.2, 0) is 0 Å². The fourth-order valence-electron chi connectivity index (χ4n) is 4.19. The third-order valence-electron chi connectivity index (χ3n) is 5.88. The summed E-state index contributed by atoms with van der Waals surface area (Å²) in [5.74, 6) is 0.611. The quantitative estimate of drug-likeness (QED) is 0.323. The molecule has 1 fully saturated rings. The molecule has 0 radical (unpaired) electrons. The van der Waals surface area contributed by atoms with E-state index in [0.717, 1.165) is 54.0 Å². The maximum Gasteiger partial charge on any atom is 0.204 e. The van der Waals surface area contributed by atoms with E-state index in [0.29, 0.717) is 27.6 Å². The summed E-state index contributed by atoms with van der Waals surface area (Å²) in [6, 6.07) is 15.1. The van der Waals surface area contributed by atoms with Gasteiger partial charge in [0.05, 0.1) is 5.71 Å². The van der Waals surface area contributed by atoms with E-state index in [9.17, 15) is 4.79 Å². The van der Waals surface area contributed by atoms with E-state index in [4.69, 9.17) is 15.6 Å². The summed E-state index contributed by atoms with van der Waals surface area (Å²) in [5.41, 5.74) is 12.0. The van der Waals surface area contributed by atoms with Gasteiger partial charge in [-0.3, -0.25) is 10.2 Å². The van der Waals surface area contributed by atoms with Crippen LogP contribution in [0.25, 0.3) is 21.4 Å². The number of anilines is 2. The molecule has 32 heavy (non-hydrogen) atoms. The number of hydrogen-bond acceptors (Lipinski definition) is 7. The van der Waals surface area contributed by atoms with Crippen molar-refractivity contribution in [2.45, 2.75) is 6.92 Å². The van der Waals surface area contributed by atoms with Crippen LogP contribution in [0, 0.1) is 12.3 Å². The number of nitrogens with zero attached hydrogens (tertiary/aromatic N) is 1. The van der Waals surface area contributed by atoms with Crippen molar-refractivity contribution in [1.29, 1.82) is 5.41 Å². The van der Waals surface area contributed by atoms with Crippen molar-refractivity contribution in [3.63, 3.8) is 0 Å². The molecular weight excluding hydrogens is 420 g/mol. The van der Waals surface area contributed by atoms with Crippen molar-refractivity contribution in [3.05, 3.63) is 80.8 Å². The van der Waals surface area contributed by atoms with Gasteiger partial charge in [0.1, 0.15) is 4.70 Å². The summed E-state index contributed by atoms with van der Waals surface area (Å²) in [7, 11) is 0. The molecule has 0 saturated carbocycles. The van der Waals surface area contributed by atoms with E-state index >= 15 is 0 Å². The number of nitrogens with two attached hydrogens (primary N) is 1. The Morgan fingerprint density at radius 3 is 2.72 bits per heavy atom. The van der Waals surface area contributed by atoms with E-state index in [2.05, 4.69) is 10.2 Å². The predicted octanol–water partition coefficient (Wildman–Crippen LogP) is 4.24. The fraction of sp³-hybridized carbons (Fsp3) is 0.200. The lowest BCUT2D eigenvalue weighted by Crippen LogP contribution is -2.43. The number of nitrogen functional groups attached to an aromatic ring is 1. The zero-order valence-corrected chi connectivity index (χ0v) is 18.6. The van der Waals surface area contributed by atoms with Gasteiger partial charge in [-0.25, -0.2) is 0 Å². The highest BCUT2D eigenvalue weighted by atomic mass is 32.1. The Bertz CT molecular complexity index is 1360. The van der Waals surface area contributed by atoms with E-state index in [-0.39, 0.29) is 5.43 Å². The van der Waals surface area contributed by atoms with Crippen LogP contribution in [0.2, 0.25) is 0 Å². The standard InChI is InChI=1S/C25H24N4O2S/c1-15-4-2-7-19(26)22(15)23(27)17-6-3-5-16(12-17)18-14-32-25-20(30)13-21(31-24(18)25)29-10-8-28-9-11-29/h2-7,12-14,27-28H,8-11,26H2,1H3. The molecular formula is C25H24N4O2S. The predicted molar refractivity (Wildman–Crippen MR) is 132 cm³/mol. The topological polar surface area (TPSA) is 95.3 Å². The van der Waals surface area contributed by atoms with Crippen molar-refractivity contribution in [2.24, 2.45) is 0 Å². The molecule has 4 aromatic rings. The number of hydrogen-bond donors (Lipinski definition) is 3. The molecule has 0 unspecified atom stereocenters. The molecule has 1 aliphatic heterocycles. The Hall–Kier alpha value is -3.42. The second kappa shape index (κ2) is 8.26. The van der Waals surface area contributed by atoms with Crippen LogP contribution < -0.4 is 21.4 Å². The van der Waals surface area contributed by atoms with Gasteiger partial charge in [0.25, 0.3) is 0 Å². The van der Waals surface area contributed by atoms with E-state index < -0.39 is 0 Å². The molecule has 0 bridgehead atoms. The summed E-state index contributed by atoms with van der Waals surface area (Å²) >= 11 is 1.40. The first-order chi connectivity index (χ1) is 15.5. The fourth-order valence-corrected chi connectivity index (χ4v) is 5.10. The second-order valence-corrected chi connectivity index (χ2v) is 8.87. The van der Waals surface area contributed by atoms with Gasteiger partial charge >= 0.3 is 0 Å². The van der Waals surface area contributed by atoms with Gasteiger partial charge in [0, 0.05) is 60.0 Å². The number of piperazine rings is 1. The number of thiophene rings is 1. The molecule has 3 heterocycles. The molecule has 7 heteroatoms. The number of rotatable bonds is 4. The summed E-state index contributed by atoms with van der Waals surface area (Å²) in [4.78, 5) is 14.9. The first-order valence-electron chi connectivity index (χ1n) is 10.6. The molecule has 0 amide bonds. The van der Waals surface area contributed by atoms with Crippen molar-refractivity contribution in [3.8, 4) is 11.1 Å². The van der Waals surface area contributed by atoms with Gasteiger partial charge in [-0.1, -0.05) is 30.3 Å². The number of benzene rings is 2. The van der Waals surface area contributed by atoms with E-state index in [1.165, 1.54) is 11.3 Å². The Morgan fingerprint density at radius 1 is 1.16 bits per heavy atom. The number of fused-ring (bicyclic) bond motifs is 1. The number of nitrogens with one attached hydrogen (secondary N) is 2. The maximum absolute atomic E-state index is 12.8. The number of aryl methyl sites for hydroxylation is 1. The molecule has 0 spiro atoms. The highest BCUT2D eigenvalue weighted by Gasteiger charge is 2.19. The van der Waals surface area contributed by atoms with Crippen LogP contribution in [0.3, 0.4) is 0 Å². The van der Waals surface area contributed by atoms with Crippen LogP contribution in [0.4, 0.5) is 11.6 Å². The maximum atomic E-state index is 12.8. The molecule has 0 aliphatic carbocycles. The minimum Gasteiger partial charge on any atom is -0.439 e. The molecule has 2 aromatic heterocycles. The molecule has 0 atom stereocenters. The minimum atomic E-state index is -0.0207. The van der Waals surface area contributed by atoms with Crippen LogP contribution in [0.1, 0.15) is 16.7 Å². The molecule has 6 nitrogen and oxygen atoms in total. The molecule has 2 aromatic carbocycles. The highest BCUT2D eigenvalue weighted by molar-refractivity contribution is 7.17.